The minimum Gasteiger partial charge on any atom is -0.456 e. The molecule has 0 aliphatic heterocycles. The molecule has 18 heavy (non-hydrogen) atoms. The average molecular weight is 245 g/mol. The fourth-order valence-corrected chi connectivity index (χ4v) is 1.64. The number of hydrogen-bond donors (Lipinski definition) is 0. The van der Waals surface area contributed by atoms with Crippen molar-refractivity contribution in [1.82, 2.24) is 15.0 Å². The number of ether oxygens (including phenoxy) is 1. The smallest absolute Gasteiger partial charge is 0.361 e. The van der Waals surface area contributed by atoms with E-state index in [4.69, 9.17) is 4.74 Å². The van der Waals surface area contributed by atoms with Gasteiger partial charge in [-0.25, -0.2) is 9.48 Å². The lowest BCUT2D eigenvalue weighted by atomic mass is 10.2. The number of benzene rings is 1. The van der Waals surface area contributed by atoms with Crippen molar-refractivity contribution in [3.63, 3.8) is 0 Å². The molecule has 94 valence electrons. The summed E-state index contributed by atoms with van der Waals surface area (Å²) in [5.41, 5.74) is 1.97. The van der Waals surface area contributed by atoms with Gasteiger partial charge in [0.25, 0.3) is 0 Å². The van der Waals surface area contributed by atoms with Gasteiger partial charge in [-0.3, -0.25) is 0 Å². The first-order valence-corrected chi connectivity index (χ1v) is 5.83. The molecule has 0 amide bonds. The van der Waals surface area contributed by atoms with Crippen molar-refractivity contribution < 1.29 is 9.53 Å². The molecule has 0 radical (unpaired) electrons. The standard InChI is InChI=1S/C13H15N3O2/c1-3-16-10(2)12(14-15-16)13(17)18-9-11-7-5-4-6-8-11/h4-8H,3,9H2,1-2H3. The maximum atomic E-state index is 11.8. The summed E-state index contributed by atoms with van der Waals surface area (Å²) in [7, 11) is 0. The molecule has 1 aromatic heterocycles. The van der Waals surface area contributed by atoms with Crippen molar-refractivity contribution in [3.05, 3.63) is 47.3 Å². The van der Waals surface area contributed by atoms with Gasteiger partial charge in [-0.05, 0) is 19.4 Å². The maximum Gasteiger partial charge on any atom is 0.361 e. The lowest BCUT2D eigenvalue weighted by Crippen LogP contribution is -2.08. The van der Waals surface area contributed by atoms with Crippen LogP contribution in [-0.4, -0.2) is 21.0 Å². The van der Waals surface area contributed by atoms with Gasteiger partial charge in [0.2, 0.25) is 0 Å². The van der Waals surface area contributed by atoms with E-state index in [0.717, 1.165) is 11.3 Å². The van der Waals surface area contributed by atoms with E-state index in [1.165, 1.54) is 0 Å². The van der Waals surface area contributed by atoms with E-state index >= 15 is 0 Å². The lowest BCUT2D eigenvalue weighted by molar-refractivity contribution is 0.0464. The second-order valence-electron chi connectivity index (χ2n) is 3.90. The largest absolute Gasteiger partial charge is 0.456 e. The molecule has 2 rings (SSSR count). The number of rotatable bonds is 4. The summed E-state index contributed by atoms with van der Waals surface area (Å²) in [4.78, 5) is 11.8. The van der Waals surface area contributed by atoms with E-state index in [1.807, 2.05) is 44.2 Å². The Hall–Kier alpha value is -2.17. The number of carbonyl (C=O) groups excluding carboxylic acids is 1. The Labute approximate surface area is 105 Å². The van der Waals surface area contributed by atoms with Crippen molar-refractivity contribution in [1.29, 1.82) is 0 Å². The van der Waals surface area contributed by atoms with Crippen molar-refractivity contribution in [2.75, 3.05) is 0 Å². The molecule has 2 aromatic rings. The molecule has 1 heterocycles. The average Bonchev–Trinajstić information content (AvgIpc) is 2.78. The zero-order valence-electron chi connectivity index (χ0n) is 10.5. The van der Waals surface area contributed by atoms with Crippen LogP contribution in [-0.2, 0) is 17.9 Å². The molecule has 0 saturated carbocycles. The van der Waals surface area contributed by atoms with Gasteiger partial charge >= 0.3 is 5.97 Å². The molecule has 5 nitrogen and oxygen atoms in total. The van der Waals surface area contributed by atoms with E-state index in [2.05, 4.69) is 10.3 Å². The van der Waals surface area contributed by atoms with E-state index < -0.39 is 5.97 Å². The molecule has 0 saturated heterocycles. The van der Waals surface area contributed by atoms with Crippen molar-refractivity contribution >= 4 is 5.97 Å². The van der Waals surface area contributed by atoms with Crippen LogP contribution in [0.5, 0.6) is 0 Å². The molecular weight excluding hydrogens is 230 g/mol. The zero-order valence-corrected chi connectivity index (χ0v) is 10.5. The molecule has 0 bridgehead atoms. The Kier molecular flexibility index (Phi) is 3.72. The number of aromatic nitrogens is 3. The molecule has 0 aliphatic rings. The zero-order chi connectivity index (χ0) is 13.0. The predicted octanol–water partition coefficient (Wildman–Crippen LogP) is 1.96. The van der Waals surface area contributed by atoms with Gasteiger partial charge in [-0.2, -0.15) is 0 Å². The maximum absolute atomic E-state index is 11.8. The van der Waals surface area contributed by atoms with Gasteiger partial charge in [-0.1, -0.05) is 35.5 Å². The lowest BCUT2D eigenvalue weighted by Gasteiger charge is -2.03. The number of aryl methyl sites for hydroxylation is 1. The van der Waals surface area contributed by atoms with Crippen LogP contribution >= 0.6 is 0 Å². The third-order valence-corrected chi connectivity index (χ3v) is 2.69. The normalized spacial score (nSPS) is 10.3. The summed E-state index contributed by atoms with van der Waals surface area (Å²) in [5, 5.41) is 7.71. The Morgan fingerprint density at radius 2 is 2.06 bits per heavy atom. The Balaban J connectivity index is 2.02. The van der Waals surface area contributed by atoms with E-state index in [0.29, 0.717) is 6.54 Å². The van der Waals surface area contributed by atoms with Crippen LogP contribution in [0.2, 0.25) is 0 Å². The Bertz CT molecular complexity index is 534. The summed E-state index contributed by atoms with van der Waals surface area (Å²) >= 11 is 0. The van der Waals surface area contributed by atoms with Crippen LogP contribution in [0.15, 0.2) is 30.3 Å². The Morgan fingerprint density at radius 3 is 2.67 bits per heavy atom. The van der Waals surface area contributed by atoms with Crippen LogP contribution in [0.3, 0.4) is 0 Å². The van der Waals surface area contributed by atoms with Crippen molar-refractivity contribution in [2.24, 2.45) is 0 Å². The van der Waals surface area contributed by atoms with Gasteiger partial charge in [-0.15, -0.1) is 5.10 Å². The predicted molar refractivity (Wildman–Crippen MR) is 66.0 cm³/mol. The second-order valence-corrected chi connectivity index (χ2v) is 3.90. The summed E-state index contributed by atoms with van der Waals surface area (Å²) in [6, 6.07) is 9.54. The molecule has 0 aliphatic carbocycles. The highest BCUT2D eigenvalue weighted by Gasteiger charge is 2.17. The first-order chi connectivity index (χ1) is 8.72. The van der Waals surface area contributed by atoms with Gasteiger partial charge in [0.1, 0.15) is 6.61 Å². The molecule has 0 N–H and O–H groups in total. The third kappa shape index (κ3) is 2.56. The molecule has 5 heteroatoms. The molecule has 0 unspecified atom stereocenters. The molecule has 1 aromatic carbocycles. The number of hydrogen-bond acceptors (Lipinski definition) is 4. The van der Waals surface area contributed by atoms with Crippen molar-refractivity contribution in [2.45, 2.75) is 27.0 Å². The molecule has 0 atom stereocenters. The minimum absolute atomic E-state index is 0.248. The van der Waals surface area contributed by atoms with Gasteiger partial charge in [0, 0.05) is 6.54 Å². The van der Waals surface area contributed by atoms with Crippen LogP contribution in [0.1, 0.15) is 28.7 Å². The second kappa shape index (κ2) is 5.44. The minimum atomic E-state index is -0.434. The van der Waals surface area contributed by atoms with Crippen LogP contribution in [0.4, 0.5) is 0 Å². The van der Waals surface area contributed by atoms with Crippen LogP contribution < -0.4 is 0 Å². The van der Waals surface area contributed by atoms with Gasteiger partial charge in [0.05, 0.1) is 5.69 Å². The quantitative estimate of drug-likeness (QED) is 0.773. The van der Waals surface area contributed by atoms with E-state index in [1.54, 1.807) is 4.68 Å². The fourth-order valence-electron chi connectivity index (χ4n) is 1.64. The number of carbonyl (C=O) groups is 1. The van der Waals surface area contributed by atoms with Crippen LogP contribution in [0.25, 0.3) is 0 Å². The highest BCUT2D eigenvalue weighted by molar-refractivity contribution is 5.88. The monoisotopic (exact) mass is 245 g/mol. The summed E-state index contributed by atoms with van der Waals surface area (Å²) in [5.74, 6) is -0.434. The van der Waals surface area contributed by atoms with Crippen LogP contribution in [0, 0.1) is 6.92 Å². The van der Waals surface area contributed by atoms with E-state index in [-0.39, 0.29) is 12.3 Å². The molecule has 0 fully saturated rings. The Morgan fingerprint density at radius 1 is 1.33 bits per heavy atom. The van der Waals surface area contributed by atoms with Gasteiger partial charge in [0.15, 0.2) is 5.69 Å². The first-order valence-electron chi connectivity index (χ1n) is 5.83. The molecule has 0 spiro atoms. The summed E-state index contributed by atoms with van der Waals surface area (Å²) in [6.45, 7) is 4.69. The topological polar surface area (TPSA) is 57.0 Å². The highest BCUT2D eigenvalue weighted by atomic mass is 16.5. The van der Waals surface area contributed by atoms with Crippen molar-refractivity contribution in [3.8, 4) is 0 Å². The fraction of sp³-hybridized carbons (Fsp3) is 0.308. The third-order valence-electron chi connectivity index (χ3n) is 2.69. The SMILES string of the molecule is CCn1nnc(C(=O)OCc2ccccc2)c1C. The molecular formula is C13H15N3O2. The number of esters is 1. The van der Waals surface area contributed by atoms with E-state index in [9.17, 15) is 4.79 Å². The van der Waals surface area contributed by atoms with Gasteiger partial charge < -0.3 is 4.74 Å². The number of nitrogens with zero attached hydrogens (tertiary/aromatic N) is 3. The first kappa shape index (κ1) is 12.3. The highest BCUT2D eigenvalue weighted by Crippen LogP contribution is 2.08. The summed E-state index contributed by atoms with van der Waals surface area (Å²) in [6.07, 6.45) is 0. The summed E-state index contributed by atoms with van der Waals surface area (Å²) < 4.78 is 6.86.